The first-order chi connectivity index (χ1) is 11.8. The topological polar surface area (TPSA) is 71.2 Å². The SMILES string of the molecule is Cc1[nH]c(C(=O)NC[C@H](C)c2ccccc2)c(C)c1C(=O)OC(C)C. The Kier molecular flexibility index (Phi) is 6.02. The normalized spacial score (nSPS) is 12.1. The molecule has 1 heterocycles. The number of carbonyl (C=O) groups is 2. The van der Waals surface area contributed by atoms with Crippen molar-refractivity contribution in [2.75, 3.05) is 6.54 Å². The lowest BCUT2D eigenvalue weighted by Crippen LogP contribution is -2.28. The van der Waals surface area contributed by atoms with Gasteiger partial charge in [0.05, 0.1) is 11.7 Å². The fourth-order valence-electron chi connectivity index (χ4n) is 2.79. The van der Waals surface area contributed by atoms with Crippen LogP contribution in [0.1, 0.15) is 64.4 Å². The zero-order valence-corrected chi connectivity index (χ0v) is 15.5. The van der Waals surface area contributed by atoms with Gasteiger partial charge in [0, 0.05) is 12.2 Å². The van der Waals surface area contributed by atoms with Gasteiger partial charge in [-0.2, -0.15) is 0 Å². The molecule has 2 rings (SSSR count). The van der Waals surface area contributed by atoms with E-state index in [2.05, 4.69) is 17.2 Å². The highest BCUT2D eigenvalue weighted by Crippen LogP contribution is 2.20. The van der Waals surface area contributed by atoms with Gasteiger partial charge in [0.15, 0.2) is 0 Å². The maximum absolute atomic E-state index is 12.5. The Morgan fingerprint density at radius 1 is 1.12 bits per heavy atom. The second-order valence-corrected chi connectivity index (χ2v) is 6.60. The molecule has 0 aliphatic rings. The highest BCUT2D eigenvalue weighted by atomic mass is 16.5. The van der Waals surface area contributed by atoms with E-state index in [1.165, 1.54) is 5.56 Å². The van der Waals surface area contributed by atoms with E-state index >= 15 is 0 Å². The highest BCUT2D eigenvalue weighted by Gasteiger charge is 2.23. The van der Waals surface area contributed by atoms with Crippen LogP contribution in [0.3, 0.4) is 0 Å². The predicted molar refractivity (Wildman–Crippen MR) is 98.0 cm³/mol. The molecule has 1 aromatic heterocycles. The minimum absolute atomic E-state index is 0.201. The molecule has 0 aliphatic heterocycles. The molecule has 0 radical (unpaired) electrons. The monoisotopic (exact) mass is 342 g/mol. The van der Waals surface area contributed by atoms with Crippen molar-refractivity contribution in [3.63, 3.8) is 0 Å². The van der Waals surface area contributed by atoms with Crippen molar-refractivity contribution in [3.05, 3.63) is 58.4 Å². The molecule has 0 bridgehead atoms. The number of ether oxygens (including phenoxy) is 1. The number of aryl methyl sites for hydroxylation is 1. The molecule has 0 fully saturated rings. The number of aromatic nitrogens is 1. The number of H-pyrrole nitrogens is 1. The average molecular weight is 342 g/mol. The molecule has 0 unspecified atom stereocenters. The van der Waals surface area contributed by atoms with Crippen molar-refractivity contribution in [1.82, 2.24) is 10.3 Å². The molecule has 5 nitrogen and oxygen atoms in total. The van der Waals surface area contributed by atoms with Gasteiger partial charge in [-0.25, -0.2) is 4.79 Å². The number of aromatic amines is 1. The fourth-order valence-corrected chi connectivity index (χ4v) is 2.79. The molecule has 2 aromatic rings. The van der Waals surface area contributed by atoms with Gasteiger partial charge in [0.2, 0.25) is 0 Å². The van der Waals surface area contributed by atoms with E-state index in [9.17, 15) is 9.59 Å². The van der Waals surface area contributed by atoms with Crippen LogP contribution in [0.5, 0.6) is 0 Å². The first-order valence-electron chi connectivity index (χ1n) is 8.54. The van der Waals surface area contributed by atoms with E-state index in [-0.39, 0.29) is 17.9 Å². The lowest BCUT2D eigenvalue weighted by Gasteiger charge is -2.13. The molecule has 1 atom stereocenters. The molecule has 134 valence electrons. The van der Waals surface area contributed by atoms with E-state index in [0.29, 0.717) is 29.1 Å². The van der Waals surface area contributed by atoms with Crippen LogP contribution in [-0.4, -0.2) is 29.5 Å². The van der Waals surface area contributed by atoms with Crippen LogP contribution in [-0.2, 0) is 4.74 Å². The van der Waals surface area contributed by atoms with Gasteiger partial charge in [-0.1, -0.05) is 37.3 Å². The quantitative estimate of drug-likeness (QED) is 0.786. The molecule has 2 N–H and O–H groups in total. The summed E-state index contributed by atoms with van der Waals surface area (Å²) in [5, 5.41) is 2.94. The van der Waals surface area contributed by atoms with Crippen LogP contribution in [0.15, 0.2) is 30.3 Å². The molecule has 5 heteroatoms. The van der Waals surface area contributed by atoms with Crippen LogP contribution >= 0.6 is 0 Å². The van der Waals surface area contributed by atoms with Crippen molar-refractivity contribution < 1.29 is 14.3 Å². The Labute approximate surface area is 148 Å². The van der Waals surface area contributed by atoms with Crippen LogP contribution in [0.2, 0.25) is 0 Å². The summed E-state index contributed by atoms with van der Waals surface area (Å²) in [6.45, 7) is 9.71. The maximum atomic E-state index is 12.5. The largest absolute Gasteiger partial charge is 0.459 e. The van der Waals surface area contributed by atoms with Crippen molar-refractivity contribution in [1.29, 1.82) is 0 Å². The van der Waals surface area contributed by atoms with Gasteiger partial charge in [-0.3, -0.25) is 4.79 Å². The summed E-state index contributed by atoms with van der Waals surface area (Å²) < 4.78 is 5.26. The number of nitrogens with one attached hydrogen (secondary N) is 2. The third-order valence-corrected chi connectivity index (χ3v) is 4.15. The average Bonchev–Trinajstić information content (AvgIpc) is 2.87. The van der Waals surface area contributed by atoms with E-state index < -0.39 is 5.97 Å². The summed E-state index contributed by atoms with van der Waals surface area (Å²) in [6.07, 6.45) is -0.204. The Balaban J connectivity index is 2.08. The van der Waals surface area contributed by atoms with Crippen molar-refractivity contribution >= 4 is 11.9 Å². The van der Waals surface area contributed by atoms with Crippen molar-refractivity contribution in [2.24, 2.45) is 0 Å². The first-order valence-corrected chi connectivity index (χ1v) is 8.54. The van der Waals surface area contributed by atoms with Gasteiger partial charge in [0.1, 0.15) is 5.69 Å². The van der Waals surface area contributed by atoms with Gasteiger partial charge in [-0.15, -0.1) is 0 Å². The van der Waals surface area contributed by atoms with Crippen LogP contribution in [0, 0.1) is 13.8 Å². The number of amides is 1. The molecule has 0 saturated carbocycles. The third-order valence-electron chi connectivity index (χ3n) is 4.15. The number of benzene rings is 1. The summed E-state index contributed by atoms with van der Waals surface area (Å²) in [5.74, 6) is -0.420. The van der Waals surface area contributed by atoms with Crippen molar-refractivity contribution in [2.45, 2.75) is 46.6 Å². The van der Waals surface area contributed by atoms with E-state index in [4.69, 9.17) is 4.74 Å². The fraction of sp³-hybridized carbons (Fsp3) is 0.400. The van der Waals surface area contributed by atoms with Gasteiger partial charge in [0.25, 0.3) is 5.91 Å². The van der Waals surface area contributed by atoms with E-state index in [1.807, 2.05) is 30.3 Å². The first kappa shape index (κ1) is 18.8. The van der Waals surface area contributed by atoms with Crippen molar-refractivity contribution in [3.8, 4) is 0 Å². The summed E-state index contributed by atoms with van der Waals surface area (Å²) in [6, 6.07) is 10.0. The molecule has 25 heavy (non-hydrogen) atoms. The number of hydrogen-bond acceptors (Lipinski definition) is 3. The minimum atomic E-state index is -0.405. The molecule has 1 aromatic carbocycles. The van der Waals surface area contributed by atoms with Crippen LogP contribution in [0.4, 0.5) is 0 Å². The molecule has 0 spiro atoms. The summed E-state index contributed by atoms with van der Waals surface area (Å²) in [5.41, 5.74) is 3.28. The smallest absolute Gasteiger partial charge is 0.340 e. The predicted octanol–water partition coefficient (Wildman–Crippen LogP) is 3.73. The van der Waals surface area contributed by atoms with Crippen LogP contribution in [0.25, 0.3) is 0 Å². The standard InChI is InChI=1S/C20H26N2O3/c1-12(2)25-20(24)17-14(4)18(22-15(17)5)19(23)21-11-13(3)16-9-7-6-8-10-16/h6-10,12-13,22H,11H2,1-5H3,(H,21,23)/t13-/m0/s1. The summed E-state index contributed by atoms with van der Waals surface area (Å²) in [7, 11) is 0. The number of rotatable bonds is 6. The van der Waals surface area contributed by atoms with Crippen LogP contribution < -0.4 is 5.32 Å². The zero-order valence-electron chi connectivity index (χ0n) is 15.5. The minimum Gasteiger partial charge on any atom is -0.459 e. The summed E-state index contributed by atoms with van der Waals surface area (Å²) in [4.78, 5) is 27.7. The molecular weight excluding hydrogens is 316 g/mol. The van der Waals surface area contributed by atoms with E-state index in [1.54, 1.807) is 27.7 Å². The Bertz CT molecular complexity index is 748. The highest BCUT2D eigenvalue weighted by molar-refractivity contribution is 6.00. The third kappa shape index (κ3) is 4.50. The lowest BCUT2D eigenvalue weighted by atomic mass is 10.0. The Morgan fingerprint density at radius 2 is 1.76 bits per heavy atom. The number of carbonyl (C=O) groups excluding carboxylic acids is 2. The summed E-state index contributed by atoms with van der Waals surface area (Å²) >= 11 is 0. The molecule has 1 amide bonds. The number of hydrogen-bond donors (Lipinski definition) is 2. The Morgan fingerprint density at radius 3 is 2.36 bits per heavy atom. The molecule has 0 aliphatic carbocycles. The molecular formula is C20H26N2O3. The second-order valence-electron chi connectivity index (χ2n) is 6.60. The second kappa shape index (κ2) is 8.01. The molecule has 0 saturated heterocycles. The lowest BCUT2D eigenvalue weighted by molar-refractivity contribution is 0.0376. The van der Waals surface area contributed by atoms with Gasteiger partial charge < -0.3 is 15.0 Å². The van der Waals surface area contributed by atoms with E-state index in [0.717, 1.165) is 0 Å². The zero-order chi connectivity index (χ0) is 18.6. The van der Waals surface area contributed by atoms with Gasteiger partial charge >= 0.3 is 5.97 Å². The Hall–Kier alpha value is -2.56. The van der Waals surface area contributed by atoms with Gasteiger partial charge in [-0.05, 0) is 44.7 Å². The number of esters is 1. The maximum Gasteiger partial charge on any atom is 0.340 e.